The van der Waals surface area contributed by atoms with Gasteiger partial charge in [0.2, 0.25) is 6.10 Å². The third-order valence-electron chi connectivity index (χ3n) is 5.25. The Balaban J connectivity index is 1.72. The van der Waals surface area contributed by atoms with Crippen molar-refractivity contribution in [3.05, 3.63) is 71.3 Å². The standard InChI is InChI=1S/C23H19ClF3NO3/c1-22(2)17(12-19(24)23(25,26)27)20(22)21(29)31-18(13-28)14-7-6-10-16(11-14)30-15-8-4-3-5-9-15/h3-12,17-18,20H,1-2H3/b19-12-/t17-,18-,20-/m1/s1. The molecule has 8 heteroatoms. The first-order valence-electron chi connectivity index (χ1n) is 9.41. The second-order valence-corrected chi connectivity index (χ2v) is 8.18. The number of benzene rings is 2. The van der Waals surface area contributed by atoms with E-state index >= 15 is 0 Å². The van der Waals surface area contributed by atoms with Crippen LogP contribution in [0.15, 0.2) is 65.7 Å². The van der Waals surface area contributed by atoms with Crippen molar-refractivity contribution in [2.24, 2.45) is 17.3 Å². The minimum atomic E-state index is -4.68. The molecule has 1 fully saturated rings. The number of carbonyl (C=O) groups is 1. The van der Waals surface area contributed by atoms with Gasteiger partial charge in [0.1, 0.15) is 22.6 Å². The fourth-order valence-electron chi connectivity index (χ4n) is 3.42. The van der Waals surface area contributed by atoms with E-state index in [9.17, 15) is 23.2 Å². The number of nitrogens with zero attached hydrogens (tertiary/aromatic N) is 1. The summed E-state index contributed by atoms with van der Waals surface area (Å²) in [5, 5.41) is 8.23. The van der Waals surface area contributed by atoms with E-state index in [2.05, 4.69) is 0 Å². The van der Waals surface area contributed by atoms with Crippen molar-refractivity contribution >= 4 is 17.6 Å². The second kappa shape index (κ2) is 8.64. The van der Waals surface area contributed by atoms with Crippen LogP contribution in [0.2, 0.25) is 0 Å². The Kier molecular flexibility index (Phi) is 6.33. The summed E-state index contributed by atoms with van der Waals surface area (Å²) in [6.45, 7) is 3.30. The van der Waals surface area contributed by atoms with Crippen molar-refractivity contribution in [3.63, 3.8) is 0 Å². The number of hydrogen-bond acceptors (Lipinski definition) is 4. The normalized spacial score (nSPS) is 21.0. The number of rotatable bonds is 6. The Morgan fingerprint density at radius 3 is 2.42 bits per heavy atom. The van der Waals surface area contributed by atoms with E-state index in [1.54, 1.807) is 50.2 Å². The minimum absolute atomic E-state index is 0.392. The Hall–Kier alpha value is -2.98. The first-order chi connectivity index (χ1) is 14.5. The molecule has 0 amide bonds. The predicted octanol–water partition coefficient (Wildman–Crippen LogP) is 6.54. The lowest BCUT2D eigenvalue weighted by molar-refractivity contribution is -0.149. The highest BCUT2D eigenvalue weighted by Gasteiger charge is 2.62. The maximum absolute atomic E-state index is 12.7. The molecule has 0 saturated heterocycles. The lowest BCUT2D eigenvalue weighted by atomic mass is 10.1. The Bertz CT molecular complexity index is 1030. The number of carbonyl (C=O) groups excluding carboxylic acids is 1. The number of para-hydroxylation sites is 1. The van der Waals surface area contributed by atoms with E-state index in [1.165, 1.54) is 0 Å². The molecule has 1 saturated carbocycles. The molecule has 3 atom stereocenters. The lowest BCUT2D eigenvalue weighted by Gasteiger charge is -2.13. The zero-order valence-corrected chi connectivity index (χ0v) is 17.4. The zero-order valence-electron chi connectivity index (χ0n) is 16.7. The summed E-state index contributed by atoms with van der Waals surface area (Å²) in [6, 6.07) is 17.4. The van der Waals surface area contributed by atoms with E-state index < -0.39 is 40.5 Å². The van der Waals surface area contributed by atoms with Crippen molar-refractivity contribution in [3.8, 4) is 17.6 Å². The Labute approximate surface area is 182 Å². The third-order valence-corrected chi connectivity index (χ3v) is 5.59. The van der Waals surface area contributed by atoms with E-state index in [-0.39, 0.29) is 0 Å². The molecule has 162 valence electrons. The molecule has 0 N–H and O–H groups in total. The predicted molar refractivity (Wildman–Crippen MR) is 108 cm³/mol. The zero-order chi connectivity index (χ0) is 22.8. The second-order valence-electron chi connectivity index (χ2n) is 7.77. The average Bonchev–Trinajstić information content (AvgIpc) is 3.26. The first kappa shape index (κ1) is 22.7. The highest BCUT2D eigenvalue weighted by atomic mass is 35.5. The number of alkyl halides is 3. The number of halogens is 4. The number of hydrogen-bond donors (Lipinski definition) is 0. The van der Waals surface area contributed by atoms with Crippen molar-refractivity contribution in [1.82, 2.24) is 0 Å². The van der Waals surface area contributed by atoms with Gasteiger partial charge < -0.3 is 9.47 Å². The van der Waals surface area contributed by atoms with Crippen LogP contribution in [-0.2, 0) is 9.53 Å². The number of allylic oxidation sites excluding steroid dienone is 2. The van der Waals surface area contributed by atoms with Crippen LogP contribution >= 0.6 is 11.6 Å². The molecular weight excluding hydrogens is 431 g/mol. The van der Waals surface area contributed by atoms with Gasteiger partial charge in [-0.2, -0.15) is 18.4 Å². The Morgan fingerprint density at radius 2 is 1.81 bits per heavy atom. The molecule has 4 nitrogen and oxygen atoms in total. The summed E-state index contributed by atoms with van der Waals surface area (Å²) in [4.78, 5) is 12.6. The van der Waals surface area contributed by atoms with E-state index in [4.69, 9.17) is 21.1 Å². The fraction of sp³-hybridized carbons (Fsp3) is 0.304. The summed E-state index contributed by atoms with van der Waals surface area (Å²) < 4.78 is 49.2. The molecule has 1 aliphatic rings. The fourth-order valence-corrected chi connectivity index (χ4v) is 3.55. The topological polar surface area (TPSA) is 59.3 Å². The van der Waals surface area contributed by atoms with E-state index in [0.29, 0.717) is 17.1 Å². The quantitative estimate of drug-likeness (QED) is 0.469. The van der Waals surface area contributed by atoms with Gasteiger partial charge in [0.05, 0.1) is 5.92 Å². The average molecular weight is 450 g/mol. The van der Waals surface area contributed by atoms with Gasteiger partial charge in [-0.25, -0.2) is 0 Å². The minimum Gasteiger partial charge on any atom is -0.457 e. The van der Waals surface area contributed by atoms with Crippen molar-refractivity contribution < 1.29 is 27.4 Å². The maximum atomic E-state index is 12.7. The van der Waals surface area contributed by atoms with Crippen LogP contribution in [0, 0.1) is 28.6 Å². The smallest absolute Gasteiger partial charge is 0.426 e. The summed E-state index contributed by atoms with van der Waals surface area (Å²) in [5.74, 6) is -1.27. The molecule has 0 bridgehead atoms. The molecular formula is C23H19ClF3NO3. The molecule has 2 aromatic rings. The molecule has 0 aromatic heterocycles. The number of esters is 1. The molecule has 3 rings (SSSR count). The van der Waals surface area contributed by atoms with Crippen LogP contribution in [0.25, 0.3) is 0 Å². The molecule has 2 aromatic carbocycles. The van der Waals surface area contributed by atoms with Gasteiger partial charge in [-0.15, -0.1) is 0 Å². The molecule has 0 radical (unpaired) electrons. The lowest BCUT2D eigenvalue weighted by Crippen LogP contribution is -2.14. The van der Waals surface area contributed by atoms with E-state index in [0.717, 1.165) is 6.08 Å². The number of nitriles is 1. The van der Waals surface area contributed by atoms with Gasteiger partial charge >= 0.3 is 12.1 Å². The van der Waals surface area contributed by atoms with Crippen LogP contribution in [0.5, 0.6) is 11.5 Å². The highest BCUT2D eigenvalue weighted by Crippen LogP contribution is 2.60. The van der Waals surface area contributed by atoms with Gasteiger partial charge in [0.15, 0.2) is 0 Å². The monoisotopic (exact) mass is 449 g/mol. The van der Waals surface area contributed by atoms with Crippen molar-refractivity contribution in [1.29, 1.82) is 5.26 Å². The molecule has 1 aliphatic carbocycles. The van der Waals surface area contributed by atoms with Gasteiger partial charge in [0.25, 0.3) is 0 Å². The first-order valence-corrected chi connectivity index (χ1v) is 9.79. The van der Waals surface area contributed by atoms with Crippen molar-refractivity contribution in [2.75, 3.05) is 0 Å². The SMILES string of the molecule is CC1(C)[C@H](/C=C(\Cl)C(F)(F)F)[C@@H]1C(=O)O[C@H](C#N)c1cccc(Oc2ccccc2)c1. The van der Waals surface area contributed by atoms with Crippen LogP contribution in [0.4, 0.5) is 13.2 Å². The molecule has 0 heterocycles. The third kappa shape index (κ3) is 5.20. The maximum Gasteiger partial charge on any atom is 0.426 e. The largest absolute Gasteiger partial charge is 0.457 e. The van der Waals surface area contributed by atoms with Gasteiger partial charge in [-0.05, 0) is 35.6 Å². The Morgan fingerprint density at radius 1 is 1.16 bits per heavy atom. The highest BCUT2D eigenvalue weighted by molar-refractivity contribution is 6.30. The van der Waals surface area contributed by atoms with Crippen LogP contribution in [0.1, 0.15) is 25.5 Å². The summed E-state index contributed by atoms with van der Waals surface area (Å²) in [5.41, 5.74) is -0.371. The van der Waals surface area contributed by atoms with Crippen LogP contribution < -0.4 is 4.74 Å². The summed E-state index contributed by atoms with van der Waals surface area (Å²) in [6.07, 6.45) is -5.07. The molecule has 0 unspecified atom stereocenters. The molecule has 0 spiro atoms. The summed E-state index contributed by atoms with van der Waals surface area (Å²) in [7, 11) is 0. The molecule has 31 heavy (non-hydrogen) atoms. The number of ether oxygens (including phenoxy) is 2. The van der Waals surface area contributed by atoms with Crippen LogP contribution in [-0.4, -0.2) is 12.1 Å². The van der Waals surface area contributed by atoms with Gasteiger partial charge in [-0.1, -0.05) is 61.9 Å². The van der Waals surface area contributed by atoms with Crippen LogP contribution in [0.3, 0.4) is 0 Å². The van der Waals surface area contributed by atoms with Crippen molar-refractivity contribution in [2.45, 2.75) is 26.1 Å². The molecule has 0 aliphatic heterocycles. The van der Waals surface area contributed by atoms with Gasteiger partial charge in [-0.3, -0.25) is 4.79 Å². The van der Waals surface area contributed by atoms with Gasteiger partial charge in [0, 0.05) is 5.56 Å². The van der Waals surface area contributed by atoms with E-state index in [1.807, 2.05) is 24.3 Å². The summed E-state index contributed by atoms with van der Waals surface area (Å²) >= 11 is 5.32.